The van der Waals surface area contributed by atoms with Gasteiger partial charge >= 0.3 is 0 Å². The fraction of sp³-hybridized carbons (Fsp3) is 0.533. The fourth-order valence-corrected chi connectivity index (χ4v) is 2.50. The zero-order valence-corrected chi connectivity index (χ0v) is 12.6. The van der Waals surface area contributed by atoms with Crippen LogP contribution in [0.5, 0.6) is 0 Å². The Morgan fingerprint density at radius 1 is 1.50 bits per heavy atom. The maximum Gasteiger partial charge on any atom is 0.188 e. The quantitative estimate of drug-likeness (QED) is 0.662. The van der Waals surface area contributed by atoms with Gasteiger partial charge in [0.15, 0.2) is 5.96 Å². The number of hydrogen-bond donors (Lipinski definition) is 2. The molecule has 5 heteroatoms. The Hall–Kier alpha value is -1.29. The van der Waals surface area contributed by atoms with Crippen molar-refractivity contribution in [1.82, 2.24) is 5.32 Å². The monoisotopic (exact) mass is 297 g/mol. The van der Waals surface area contributed by atoms with Crippen molar-refractivity contribution in [1.29, 1.82) is 0 Å². The molecule has 1 aliphatic carbocycles. The van der Waals surface area contributed by atoms with Crippen molar-refractivity contribution in [2.45, 2.75) is 38.6 Å². The minimum absolute atomic E-state index is 0.192. The van der Waals surface area contributed by atoms with Gasteiger partial charge in [0.1, 0.15) is 5.82 Å². The minimum Gasteiger partial charge on any atom is -0.370 e. The molecule has 0 unspecified atom stereocenters. The highest BCUT2D eigenvalue weighted by Crippen LogP contribution is 2.37. The van der Waals surface area contributed by atoms with E-state index in [-0.39, 0.29) is 10.8 Å². The maximum atomic E-state index is 13.1. The maximum absolute atomic E-state index is 13.1. The van der Waals surface area contributed by atoms with Crippen LogP contribution in [-0.2, 0) is 0 Å². The average molecular weight is 298 g/mol. The highest BCUT2D eigenvalue weighted by Gasteiger charge is 2.30. The van der Waals surface area contributed by atoms with Gasteiger partial charge < -0.3 is 11.1 Å². The van der Waals surface area contributed by atoms with Crippen molar-refractivity contribution in [3.8, 4) is 0 Å². The van der Waals surface area contributed by atoms with Gasteiger partial charge in [-0.1, -0.05) is 31.5 Å². The first-order chi connectivity index (χ1) is 9.45. The Balaban J connectivity index is 1.82. The molecule has 0 aromatic heterocycles. The molecule has 0 amide bonds. The molecule has 1 fully saturated rings. The molecule has 0 heterocycles. The van der Waals surface area contributed by atoms with Gasteiger partial charge in [-0.3, -0.25) is 4.99 Å². The van der Waals surface area contributed by atoms with Crippen LogP contribution in [-0.4, -0.2) is 18.5 Å². The second-order valence-corrected chi connectivity index (χ2v) is 6.21. The molecule has 0 bridgehead atoms. The number of hydrogen-bond acceptors (Lipinski definition) is 1. The van der Waals surface area contributed by atoms with E-state index in [0.717, 1.165) is 24.9 Å². The topological polar surface area (TPSA) is 50.4 Å². The summed E-state index contributed by atoms with van der Waals surface area (Å²) in [7, 11) is 0. The van der Waals surface area contributed by atoms with Gasteiger partial charge in [-0.15, -0.1) is 0 Å². The zero-order valence-electron chi connectivity index (χ0n) is 11.9. The molecule has 110 valence electrons. The van der Waals surface area contributed by atoms with Gasteiger partial charge in [0, 0.05) is 12.6 Å². The van der Waals surface area contributed by atoms with Crippen LogP contribution in [0, 0.1) is 11.7 Å². The van der Waals surface area contributed by atoms with E-state index in [1.807, 2.05) is 0 Å². The molecule has 0 atom stereocenters. The van der Waals surface area contributed by atoms with Crippen molar-refractivity contribution < 1.29 is 4.39 Å². The van der Waals surface area contributed by atoms with Gasteiger partial charge in [0.05, 0.1) is 5.02 Å². The van der Waals surface area contributed by atoms with Gasteiger partial charge in [-0.25, -0.2) is 4.39 Å². The lowest BCUT2D eigenvalue weighted by molar-refractivity contribution is 0.323. The summed E-state index contributed by atoms with van der Waals surface area (Å²) in [5, 5.41) is 3.41. The lowest BCUT2D eigenvalue weighted by Gasteiger charge is -2.36. The van der Waals surface area contributed by atoms with E-state index < -0.39 is 0 Å². The average Bonchev–Trinajstić information content (AvgIpc) is 2.34. The molecule has 1 aromatic carbocycles. The third-order valence-electron chi connectivity index (χ3n) is 3.53. The molecule has 1 aromatic rings. The Morgan fingerprint density at radius 2 is 2.20 bits per heavy atom. The summed E-state index contributed by atoms with van der Waals surface area (Å²) in [6.07, 6.45) is 1.94. The summed E-state index contributed by atoms with van der Waals surface area (Å²) in [4.78, 5) is 4.28. The normalized spacial score (nSPS) is 22.8. The number of nitrogens with one attached hydrogen (secondary N) is 1. The van der Waals surface area contributed by atoms with Crippen LogP contribution in [0.3, 0.4) is 0 Å². The predicted octanol–water partition coefficient (Wildman–Crippen LogP) is 3.29. The van der Waals surface area contributed by atoms with Crippen LogP contribution in [0.1, 0.15) is 38.2 Å². The lowest BCUT2D eigenvalue weighted by atomic mass is 9.76. The third-order valence-corrected chi connectivity index (χ3v) is 3.82. The molecule has 0 radical (unpaired) electrons. The smallest absolute Gasteiger partial charge is 0.188 e. The van der Waals surface area contributed by atoms with Crippen LogP contribution in [0.25, 0.3) is 0 Å². The summed E-state index contributed by atoms with van der Waals surface area (Å²) >= 11 is 5.80. The summed E-state index contributed by atoms with van der Waals surface area (Å²) in [5.41, 5.74) is 6.92. The van der Waals surface area contributed by atoms with E-state index in [0.29, 0.717) is 23.8 Å². The van der Waals surface area contributed by atoms with Crippen LogP contribution in [0.4, 0.5) is 4.39 Å². The highest BCUT2D eigenvalue weighted by molar-refractivity contribution is 6.30. The Kier molecular flexibility index (Phi) is 4.86. The molecule has 0 aliphatic heterocycles. The highest BCUT2D eigenvalue weighted by atomic mass is 35.5. The number of benzene rings is 1. The first kappa shape index (κ1) is 15.1. The molecule has 20 heavy (non-hydrogen) atoms. The zero-order chi connectivity index (χ0) is 14.7. The van der Waals surface area contributed by atoms with Crippen LogP contribution in [0.15, 0.2) is 23.2 Å². The lowest BCUT2D eigenvalue weighted by Crippen LogP contribution is -2.46. The Bertz CT molecular complexity index is 496. The first-order valence-electron chi connectivity index (χ1n) is 6.97. The van der Waals surface area contributed by atoms with E-state index in [1.165, 1.54) is 6.07 Å². The van der Waals surface area contributed by atoms with E-state index in [4.69, 9.17) is 17.3 Å². The van der Waals surface area contributed by atoms with Crippen LogP contribution < -0.4 is 11.1 Å². The molecule has 3 N–H and O–H groups in total. The van der Waals surface area contributed by atoms with E-state index in [1.54, 1.807) is 12.1 Å². The molecular formula is C15H21ClFN3. The fourth-order valence-electron chi connectivity index (χ4n) is 2.31. The number of guanidine groups is 1. The number of rotatable bonds is 4. The summed E-state index contributed by atoms with van der Waals surface area (Å²) in [6, 6.07) is 5.29. The Morgan fingerprint density at radius 3 is 2.80 bits per heavy atom. The summed E-state index contributed by atoms with van der Waals surface area (Å²) in [6.45, 7) is 4.95. The SMILES string of the molecule is CC(C)CN=C(N)NC1CC(c2ccc(F)c(Cl)c2)C1. The van der Waals surface area contributed by atoms with E-state index in [9.17, 15) is 4.39 Å². The molecule has 3 nitrogen and oxygen atoms in total. The van der Waals surface area contributed by atoms with Crippen molar-refractivity contribution in [2.24, 2.45) is 16.6 Å². The third kappa shape index (κ3) is 3.85. The summed E-state index contributed by atoms with van der Waals surface area (Å²) < 4.78 is 13.1. The molecular weight excluding hydrogens is 277 g/mol. The Labute approximate surface area is 124 Å². The van der Waals surface area contributed by atoms with Crippen molar-refractivity contribution in [2.75, 3.05) is 6.54 Å². The second kappa shape index (κ2) is 6.44. The van der Waals surface area contributed by atoms with Gasteiger partial charge in [-0.2, -0.15) is 0 Å². The predicted molar refractivity (Wildman–Crippen MR) is 81.6 cm³/mol. The van der Waals surface area contributed by atoms with Crippen LogP contribution in [0.2, 0.25) is 5.02 Å². The number of nitrogens with zero attached hydrogens (tertiary/aromatic N) is 1. The van der Waals surface area contributed by atoms with Crippen molar-refractivity contribution >= 4 is 17.6 Å². The molecule has 1 saturated carbocycles. The minimum atomic E-state index is -0.366. The molecule has 2 rings (SSSR count). The largest absolute Gasteiger partial charge is 0.370 e. The van der Waals surface area contributed by atoms with E-state index >= 15 is 0 Å². The first-order valence-corrected chi connectivity index (χ1v) is 7.35. The van der Waals surface area contributed by atoms with E-state index in [2.05, 4.69) is 24.2 Å². The second-order valence-electron chi connectivity index (χ2n) is 5.80. The van der Waals surface area contributed by atoms with Gasteiger partial charge in [0.25, 0.3) is 0 Å². The molecule has 0 saturated heterocycles. The molecule has 0 spiro atoms. The number of nitrogens with two attached hydrogens (primary N) is 1. The molecule has 1 aliphatic rings. The van der Waals surface area contributed by atoms with Crippen molar-refractivity contribution in [3.63, 3.8) is 0 Å². The standard InChI is InChI=1S/C15H21ClFN3/c1-9(2)8-19-15(18)20-12-5-11(6-12)10-3-4-14(17)13(16)7-10/h3-4,7,9,11-12H,5-6,8H2,1-2H3,(H3,18,19,20). The number of aliphatic imine (C=N–C) groups is 1. The van der Waals surface area contributed by atoms with Crippen LogP contribution >= 0.6 is 11.6 Å². The summed E-state index contributed by atoms with van der Waals surface area (Å²) in [5.74, 6) is 1.07. The van der Waals surface area contributed by atoms with Gasteiger partial charge in [-0.05, 0) is 42.4 Å². The van der Waals surface area contributed by atoms with Gasteiger partial charge in [0.2, 0.25) is 0 Å². The number of halogens is 2. The van der Waals surface area contributed by atoms with Crippen molar-refractivity contribution in [3.05, 3.63) is 34.6 Å².